The van der Waals surface area contributed by atoms with Crippen molar-refractivity contribution in [2.24, 2.45) is 0 Å². The van der Waals surface area contributed by atoms with Crippen LogP contribution in [0.15, 0.2) is 30.3 Å². The molecular weight excluding hydrogens is 174 g/mol. The lowest BCUT2D eigenvalue weighted by Crippen LogP contribution is -2.07. The van der Waals surface area contributed by atoms with Crippen molar-refractivity contribution in [1.29, 1.82) is 0 Å². The van der Waals surface area contributed by atoms with Crippen molar-refractivity contribution in [3.8, 4) is 0 Å². The van der Waals surface area contributed by atoms with Gasteiger partial charge >= 0.3 is 0 Å². The molecule has 0 heterocycles. The molecular formula is C12H15NO. The smallest absolute Gasteiger partial charge is 0.123 e. The number of carbonyl (C=O) groups is 1. The summed E-state index contributed by atoms with van der Waals surface area (Å²) in [7, 11) is 4.02. The van der Waals surface area contributed by atoms with E-state index in [1.54, 1.807) is 0 Å². The summed E-state index contributed by atoms with van der Waals surface area (Å²) in [6.45, 7) is 0. The second-order valence-corrected chi connectivity index (χ2v) is 3.29. The topological polar surface area (TPSA) is 20.3 Å². The van der Waals surface area contributed by atoms with E-state index in [0.29, 0.717) is 6.42 Å². The van der Waals surface area contributed by atoms with Crippen LogP contribution in [0.25, 0.3) is 6.08 Å². The first-order valence-corrected chi connectivity index (χ1v) is 4.61. The average molecular weight is 189 g/mol. The Balaban J connectivity index is 2.68. The molecule has 0 aliphatic rings. The molecule has 0 radical (unpaired) electrons. The maximum atomic E-state index is 10.1. The van der Waals surface area contributed by atoms with Crippen molar-refractivity contribution in [3.63, 3.8) is 0 Å². The Morgan fingerprint density at radius 1 is 1.21 bits per heavy atom. The molecule has 0 bridgehead atoms. The van der Waals surface area contributed by atoms with Gasteiger partial charge in [-0.25, -0.2) is 0 Å². The van der Waals surface area contributed by atoms with Gasteiger partial charge in [-0.1, -0.05) is 24.3 Å². The number of hydrogen-bond acceptors (Lipinski definition) is 2. The lowest BCUT2D eigenvalue weighted by Gasteiger charge is -2.11. The number of benzene rings is 1. The summed E-state index contributed by atoms with van der Waals surface area (Å²) in [6.07, 6.45) is 5.19. The van der Waals surface area contributed by atoms with Crippen LogP contribution in [-0.2, 0) is 4.79 Å². The van der Waals surface area contributed by atoms with Gasteiger partial charge in [0.05, 0.1) is 0 Å². The van der Waals surface area contributed by atoms with Crippen molar-refractivity contribution in [2.75, 3.05) is 19.0 Å². The standard InChI is InChI=1S/C12H15NO/c1-13(2)12-8-6-11(7-9-12)5-3-4-10-14/h3,5-10H,4H2,1-2H3. The van der Waals surface area contributed by atoms with Crippen molar-refractivity contribution >= 4 is 18.0 Å². The van der Waals surface area contributed by atoms with Gasteiger partial charge in [-0.2, -0.15) is 0 Å². The highest BCUT2D eigenvalue weighted by molar-refractivity contribution is 5.59. The SMILES string of the molecule is CN(C)c1ccc(C=CCC=O)cc1. The summed E-state index contributed by atoms with van der Waals surface area (Å²) < 4.78 is 0. The van der Waals surface area contributed by atoms with Crippen LogP contribution in [0, 0.1) is 0 Å². The second-order valence-electron chi connectivity index (χ2n) is 3.29. The fraction of sp³-hybridized carbons (Fsp3) is 0.250. The fourth-order valence-corrected chi connectivity index (χ4v) is 1.14. The minimum atomic E-state index is 0.482. The molecule has 0 aromatic heterocycles. The molecule has 0 atom stereocenters. The summed E-state index contributed by atoms with van der Waals surface area (Å²) in [6, 6.07) is 8.19. The van der Waals surface area contributed by atoms with Crippen molar-refractivity contribution < 1.29 is 4.79 Å². The Hall–Kier alpha value is -1.57. The van der Waals surface area contributed by atoms with Gasteiger partial charge in [-0.3, -0.25) is 0 Å². The zero-order valence-electron chi connectivity index (χ0n) is 8.60. The minimum Gasteiger partial charge on any atom is -0.378 e. The minimum absolute atomic E-state index is 0.482. The second kappa shape index (κ2) is 5.22. The first-order chi connectivity index (χ1) is 6.74. The summed E-state index contributed by atoms with van der Waals surface area (Å²) in [5.74, 6) is 0. The number of rotatable bonds is 4. The Morgan fingerprint density at radius 2 is 1.86 bits per heavy atom. The number of anilines is 1. The quantitative estimate of drug-likeness (QED) is 0.678. The van der Waals surface area contributed by atoms with Gasteiger partial charge in [-0.15, -0.1) is 0 Å². The maximum Gasteiger partial charge on any atom is 0.123 e. The van der Waals surface area contributed by atoms with E-state index in [-0.39, 0.29) is 0 Å². The summed E-state index contributed by atoms with van der Waals surface area (Å²) >= 11 is 0. The largest absolute Gasteiger partial charge is 0.378 e. The Bertz CT molecular complexity index is 312. The molecule has 0 saturated carbocycles. The summed E-state index contributed by atoms with van der Waals surface area (Å²) in [5, 5.41) is 0. The predicted octanol–water partition coefficient (Wildman–Crippen LogP) is 2.35. The summed E-state index contributed by atoms with van der Waals surface area (Å²) in [5.41, 5.74) is 2.30. The molecule has 0 unspecified atom stereocenters. The van der Waals surface area contributed by atoms with E-state index in [0.717, 1.165) is 11.8 Å². The maximum absolute atomic E-state index is 10.1. The van der Waals surface area contributed by atoms with Gasteiger partial charge < -0.3 is 9.69 Å². The molecule has 0 saturated heterocycles. The van der Waals surface area contributed by atoms with Gasteiger partial charge in [0, 0.05) is 26.2 Å². The van der Waals surface area contributed by atoms with E-state index in [1.807, 2.05) is 38.4 Å². The molecule has 0 amide bonds. The first-order valence-electron chi connectivity index (χ1n) is 4.61. The van der Waals surface area contributed by atoms with Gasteiger partial charge in [0.25, 0.3) is 0 Å². The van der Waals surface area contributed by atoms with E-state index < -0.39 is 0 Å². The van der Waals surface area contributed by atoms with Gasteiger partial charge in [-0.05, 0) is 17.7 Å². The molecule has 0 N–H and O–H groups in total. The number of aldehydes is 1. The normalized spacial score (nSPS) is 10.4. The molecule has 0 aliphatic carbocycles. The van der Waals surface area contributed by atoms with E-state index >= 15 is 0 Å². The third-order valence-corrected chi connectivity index (χ3v) is 1.95. The molecule has 74 valence electrons. The molecule has 0 spiro atoms. The van der Waals surface area contributed by atoms with Gasteiger partial charge in [0.1, 0.15) is 6.29 Å². The highest BCUT2D eigenvalue weighted by Gasteiger charge is 1.92. The van der Waals surface area contributed by atoms with Crippen LogP contribution in [0.5, 0.6) is 0 Å². The third kappa shape index (κ3) is 3.05. The van der Waals surface area contributed by atoms with Crippen LogP contribution in [0.3, 0.4) is 0 Å². The highest BCUT2D eigenvalue weighted by Crippen LogP contribution is 2.13. The monoisotopic (exact) mass is 189 g/mol. The van der Waals surface area contributed by atoms with E-state index in [9.17, 15) is 4.79 Å². The molecule has 2 nitrogen and oxygen atoms in total. The Labute approximate surface area is 84.9 Å². The molecule has 1 aromatic rings. The third-order valence-electron chi connectivity index (χ3n) is 1.95. The van der Waals surface area contributed by atoms with E-state index in [4.69, 9.17) is 0 Å². The predicted molar refractivity (Wildman–Crippen MR) is 60.5 cm³/mol. The van der Waals surface area contributed by atoms with Crippen LogP contribution < -0.4 is 4.90 Å². The van der Waals surface area contributed by atoms with Crippen LogP contribution in [0.1, 0.15) is 12.0 Å². The number of allylic oxidation sites excluding steroid dienone is 1. The van der Waals surface area contributed by atoms with E-state index in [1.165, 1.54) is 5.69 Å². The molecule has 0 aliphatic heterocycles. The molecule has 2 heteroatoms. The van der Waals surface area contributed by atoms with Crippen molar-refractivity contribution in [2.45, 2.75) is 6.42 Å². The molecule has 1 rings (SSSR count). The summed E-state index contributed by atoms with van der Waals surface area (Å²) in [4.78, 5) is 12.1. The number of nitrogens with zero attached hydrogens (tertiary/aromatic N) is 1. The number of carbonyl (C=O) groups excluding carboxylic acids is 1. The lowest BCUT2D eigenvalue weighted by atomic mass is 10.2. The molecule has 0 fully saturated rings. The fourth-order valence-electron chi connectivity index (χ4n) is 1.14. The highest BCUT2D eigenvalue weighted by atomic mass is 16.1. The van der Waals surface area contributed by atoms with E-state index in [2.05, 4.69) is 17.0 Å². The Kier molecular flexibility index (Phi) is 3.92. The zero-order valence-corrected chi connectivity index (χ0v) is 8.60. The number of hydrogen-bond donors (Lipinski definition) is 0. The van der Waals surface area contributed by atoms with Crippen molar-refractivity contribution in [1.82, 2.24) is 0 Å². The van der Waals surface area contributed by atoms with Crippen LogP contribution in [0.2, 0.25) is 0 Å². The van der Waals surface area contributed by atoms with Crippen LogP contribution in [0.4, 0.5) is 5.69 Å². The van der Waals surface area contributed by atoms with Crippen LogP contribution >= 0.6 is 0 Å². The first kappa shape index (κ1) is 10.5. The average Bonchev–Trinajstić information content (AvgIpc) is 2.19. The molecule has 14 heavy (non-hydrogen) atoms. The van der Waals surface area contributed by atoms with Gasteiger partial charge in [0.2, 0.25) is 0 Å². The van der Waals surface area contributed by atoms with Crippen molar-refractivity contribution in [3.05, 3.63) is 35.9 Å². The lowest BCUT2D eigenvalue weighted by molar-refractivity contribution is -0.107. The van der Waals surface area contributed by atoms with Crippen LogP contribution in [-0.4, -0.2) is 20.4 Å². The molecule has 1 aromatic carbocycles. The zero-order chi connectivity index (χ0) is 10.4. The van der Waals surface area contributed by atoms with Gasteiger partial charge in [0.15, 0.2) is 0 Å². The Morgan fingerprint density at radius 3 is 2.36 bits per heavy atom.